The summed E-state index contributed by atoms with van der Waals surface area (Å²) in [6.45, 7) is 0.619. The van der Waals surface area contributed by atoms with Crippen molar-refractivity contribution >= 4 is 11.9 Å². The lowest BCUT2D eigenvalue weighted by molar-refractivity contribution is -0.146. The molecule has 2 heterocycles. The molecule has 164 valence electrons. The van der Waals surface area contributed by atoms with Gasteiger partial charge in [-0.05, 0) is 48.6 Å². The van der Waals surface area contributed by atoms with Crippen molar-refractivity contribution < 1.29 is 14.3 Å². The summed E-state index contributed by atoms with van der Waals surface area (Å²) < 4.78 is 6.79. The highest BCUT2D eigenvalue weighted by Crippen LogP contribution is 2.31. The molecule has 2 aromatic carbocycles. The number of aromatic nitrogens is 2. The number of hydrogen-bond acceptors (Lipinski definition) is 5. The van der Waals surface area contributed by atoms with Gasteiger partial charge in [0.25, 0.3) is 5.91 Å². The van der Waals surface area contributed by atoms with E-state index in [1.54, 1.807) is 16.9 Å². The Morgan fingerprint density at radius 2 is 1.75 bits per heavy atom. The van der Waals surface area contributed by atoms with Crippen molar-refractivity contribution in [2.45, 2.75) is 37.4 Å². The van der Waals surface area contributed by atoms with Crippen LogP contribution in [0.4, 0.5) is 0 Å². The van der Waals surface area contributed by atoms with Crippen molar-refractivity contribution in [3.8, 4) is 5.69 Å². The molecule has 5 rings (SSSR count). The monoisotopic (exact) mass is 430 g/mol. The number of hydrogen-bond donors (Lipinski definition) is 1. The number of para-hydroxylation sites is 1. The summed E-state index contributed by atoms with van der Waals surface area (Å²) >= 11 is 0. The van der Waals surface area contributed by atoms with Crippen LogP contribution in [-0.4, -0.2) is 58.3 Å². The van der Waals surface area contributed by atoms with Crippen LogP contribution in [0.15, 0.2) is 67.0 Å². The van der Waals surface area contributed by atoms with Crippen LogP contribution < -0.4 is 5.32 Å². The Morgan fingerprint density at radius 3 is 2.44 bits per heavy atom. The van der Waals surface area contributed by atoms with Gasteiger partial charge in [0.1, 0.15) is 6.04 Å². The normalized spacial score (nSPS) is 20.8. The molecular weight excluding hydrogens is 404 g/mol. The number of likely N-dealkylation sites (tertiary alicyclic amines) is 1. The van der Waals surface area contributed by atoms with Gasteiger partial charge in [0, 0.05) is 31.0 Å². The molecule has 0 saturated carbocycles. The average molecular weight is 431 g/mol. The van der Waals surface area contributed by atoms with E-state index in [4.69, 9.17) is 4.74 Å². The molecule has 1 saturated heterocycles. The van der Waals surface area contributed by atoms with Crippen molar-refractivity contribution in [1.29, 1.82) is 0 Å². The fourth-order valence-corrected chi connectivity index (χ4v) is 5.05. The molecule has 1 aliphatic carbocycles. The second kappa shape index (κ2) is 8.59. The molecule has 3 aromatic rings. The number of esters is 1. The number of benzene rings is 2. The van der Waals surface area contributed by atoms with Crippen LogP contribution >= 0.6 is 0 Å². The number of amides is 1. The molecule has 2 aliphatic rings. The van der Waals surface area contributed by atoms with Crippen LogP contribution in [0.2, 0.25) is 0 Å². The predicted molar refractivity (Wildman–Crippen MR) is 120 cm³/mol. The highest BCUT2D eigenvalue weighted by molar-refractivity contribution is 5.98. The number of methoxy groups -OCH3 is 1. The average Bonchev–Trinajstić information content (AvgIpc) is 3.57. The van der Waals surface area contributed by atoms with Crippen LogP contribution in [0, 0.1) is 0 Å². The molecule has 7 nitrogen and oxygen atoms in total. The first-order valence-electron chi connectivity index (χ1n) is 10.9. The van der Waals surface area contributed by atoms with Crippen LogP contribution in [0.3, 0.4) is 0 Å². The molecule has 2 atom stereocenters. The van der Waals surface area contributed by atoms with Gasteiger partial charge in [0.2, 0.25) is 0 Å². The predicted octanol–water partition coefficient (Wildman–Crippen LogP) is 2.39. The largest absolute Gasteiger partial charge is 0.468 e. The van der Waals surface area contributed by atoms with Gasteiger partial charge < -0.3 is 10.1 Å². The molecule has 1 fully saturated rings. The highest BCUT2D eigenvalue weighted by Gasteiger charge is 2.43. The summed E-state index contributed by atoms with van der Waals surface area (Å²) in [4.78, 5) is 28.0. The lowest BCUT2D eigenvalue weighted by Crippen LogP contribution is -2.45. The minimum atomic E-state index is -0.356. The Bertz CT molecular complexity index is 1100. The summed E-state index contributed by atoms with van der Waals surface area (Å²) in [5.74, 6) is -0.407. The van der Waals surface area contributed by atoms with Crippen molar-refractivity contribution in [1.82, 2.24) is 20.0 Å². The van der Waals surface area contributed by atoms with Crippen molar-refractivity contribution in [3.05, 3.63) is 83.7 Å². The van der Waals surface area contributed by atoms with E-state index in [2.05, 4.69) is 39.6 Å². The van der Waals surface area contributed by atoms with Gasteiger partial charge >= 0.3 is 5.97 Å². The first-order chi connectivity index (χ1) is 15.6. The third-order valence-electron chi connectivity index (χ3n) is 6.55. The van der Waals surface area contributed by atoms with Crippen molar-refractivity contribution in [3.63, 3.8) is 0 Å². The zero-order valence-electron chi connectivity index (χ0n) is 18.0. The first-order valence-corrected chi connectivity index (χ1v) is 10.9. The number of nitrogens with zero attached hydrogens (tertiary/aromatic N) is 3. The zero-order valence-corrected chi connectivity index (χ0v) is 18.0. The molecule has 1 aliphatic heterocycles. The van der Waals surface area contributed by atoms with E-state index in [1.807, 2.05) is 30.5 Å². The molecule has 0 unspecified atom stereocenters. The number of fused-ring (bicyclic) bond motifs is 1. The Labute approximate surface area is 187 Å². The maximum Gasteiger partial charge on any atom is 0.323 e. The number of rotatable bonds is 5. The molecule has 32 heavy (non-hydrogen) atoms. The van der Waals surface area contributed by atoms with Crippen LogP contribution in [0.25, 0.3) is 5.69 Å². The fourth-order valence-electron chi connectivity index (χ4n) is 5.05. The first kappa shape index (κ1) is 20.5. The van der Waals surface area contributed by atoms with Gasteiger partial charge in [-0.15, -0.1) is 0 Å². The van der Waals surface area contributed by atoms with Gasteiger partial charge in [-0.2, -0.15) is 5.10 Å². The van der Waals surface area contributed by atoms with Gasteiger partial charge in [0.05, 0.1) is 18.4 Å². The lowest BCUT2D eigenvalue weighted by atomic mass is 10.1. The zero-order chi connectivity index (χ0) is 22.1. The Hall–Kier alpha value is -3.45. The summed E-state index contributed by atoms with van der Waals surface area (Å²) in [7, 11) is 1.43. The van der Waals surface area contributed by atoms with E-state index in [1.165, 1.54) is 18.2 Å². The Balaban J connectivity index is 1.33. The summed E-state index contributed by atoms with van der Waals surface area (Å²) in [6, 6.07) is 17.4. The number of ether oxygens (including phenoxy) is 1. The quantitative estimate of drug-likeness (QED) is 0.629. The molecule has 1 amide bonds. The van der Waals surface area contributed by atoms with Crippen LogP contribution in [0.1, 0.15) is 27.9 Å². The summed E-state index contributed by atoms with van der Waals surface area (Å²) in [5, 5.41) is 7.41. The third-order valence-corrected chi connectivity index (χ3v) is 6.55. The molecule has 0 bridgehead atoms. The topological polar surface area (TPSA) is 76.5 Å². The van der Waals surface area contributed by atoms with E-state index in [0.717, 1.165) is 18.5 Å². The minimum Gasteiger partial charge on any atom is -0.468 e. The van der Waals surface area contributed by atoms with Gasteiger partial charge in [-0.25, -0.2) is 4.68 Å². The Morgan fingerprint density at radius 1 is 1.03 bits per heavy atom. The van der Waals surface area contributed by atoms with E-state index in [0.29, 0.717) is 18.5 Å². The molecule has 7 heteroatoms. The van der Waals surface area contributed by atoms with Gasteiger partial charge in [-0.3, -0.25) is 14.5 Å². The third kappa shape index (κ3) is 3.80. The molecule has 0 radical (unpaired) electrons. The Kier molecular flexibility index (Phi) is 5.49. The minimum absolute atomic E-state index is 0.138. The number of nitrogens with one attached hydrogen (secondary N) is 1. The van der Waals surface area contributed by atoms with Crippen molar-refractivity contribution in [2.24, 2.45) is 0 Å². The highest BCUT2D eigenvalue weighted by atomic mass is 16.5. The standard InChI is InChI=1S/C25H26N4O3/c1-32-25(31)23-15-19(16-28(23)20-13-17-7-2-3-8-18(17)14-20)27-24(30)21-9-4-5-10-22(21)29-12-6-11-26-29/h2-12,19-20,23H,13-16H2,1H3,(H,27,30)/t19-,23+/m1/s1. The SMILES string of the molecule is COC(=O)[C@@H]1C[C@@H](NC(=O)c2ccccc2-n2cccn2)CN1C1Cc2ccccc2C1. The van der Waals surface area contributed by atoms with E-state index < -0.39 is 0 Å². The number of carbonyl (C=O) groups is 2. The lowest BCUT2D eigenvalue weighted by Gasteiger charge is -2.28. The molecule has 0 spiro atoms. The fraction of sp³-hybridized carbons (Fsp3) is 0.320. The summed E-state index contributed by atoms with van der Waals surface area (Å²) in [6.07, 6.45) is 5.85. The van der Waals surface area contributed by atoms with Gasteiger partial charge in [-0.1, -0.05) is 36.4 Å². The maximum absolute atomic E-state index is 13.2. The van der Waals surface area contributed by atoms with Crippen molar-refractivity contribution in [2.75, 3.05) is 13.7 Å². The molecular formula is C25H26N4O3. The second-order valence-electron chi connectivity index (χ2n) is 8.44. The summed E-state index contributed by atoms with van der Waals surface area (Å²) in [5.41, 5.74) is 3.95. The smallest absolute Gasteiger partial charge is 0.323 e. The molecule has 1 N–H and O–H groups in total. The molecule has 1 aromatic heterocycles. The van der Waals surface area contributed by atoms with E-state index in [9.17, 15) is 9.59 Å². The maximum atomic E-state index is 13.2. The van der Waals surface area contributed by atoms with Gasteiger partial charge in [0.15, 0.2) is 0 Å². The van der Waals surface area contributed by atoms with Crippen LogP contribution in [-0.2, 0) is 22.4 Å². The van der Waals surface area contributed by atoms with E-state index in [-0.39, 0.29) is 30.0 Å². The second-order valence-corrected chi connectivity index (χ2v) is 8.44. The van der Waals surface area contributed by atoms with Crippen LogP contribution in [0.5, 0.6) is 0 Å². The van der Waals surface area contributed by atoms with E-state index >= 15 is 0 Å². The number of carbonyl (C=O) groups excluding carboxylic acids is 2.